The number of methoxy groups -OCH3 is 1. The second-order valence-electron chi connectivity index (χ2n) is 3.75. The van der Waals surface area contributed by atoms with Crippen molar-refractivity contribution in [1.82, 2.24) is 0 Å². The van der Waals surface area contributed by atoms with Crippen molar-refractivity contribution in [2.75, 3.05) is 13.7 Å². The van der Waals surface area contributed by atoms with Crippen LogP contribution in [0.1, 0.15) is 22.8 Å². The van der Waals surface area contributed by atoms with Gasteiger partial charge in [0.1, 0.15) is 6.04 Å². The molecule has 0 heterocycles. The fraction of sp³-hybridized carbons (Fsp3) is 0.385. The monoisotopic (exact) mass is 251 g/mol. The second-order valence-corrected chi connectivity index (χ2v) is 3.75. The lowest BCUT2D eigenvalue weighted by Gasteiger charge is -2.10. The Bertz CT molecular complexity index is 414. The molecule has 0 spiro atoms. The molecule has 18 heavy (non-hydrogen) atoms. The van der Waals surface area contributed by atoms with Gasteiger partial charge in [0.15, 0.2) is 0 Å². The summed E-state index contributed by atoms with van der Waals surface area (Å²) in [6.45, 7) is 2.05. The van der Waals surface area contributed by atoms with Gasteiger partial charge in [-0.15, -0.1) is 0 Å². The van der Waals surface area contributed by atoms with E-state index in [1.807, 2.05) is 0 Å². The molecule has 1 rings (SSSR count). The van der Waals surface area contributed by atoms with Gasteiger partial charge in [0.25, 0.3) is 0 Å². The highest BCUT2D eigenvalue weighted by Crippen LogP contribution is 2.08. The third-order valence-electron chi connectivity index (χ3n) is 2.42. The number of hydrogen-bond acceptors (Lipinski definition) is 5. The molecule has 0 aliphatic rings. The number of carbonyl (C=O) groups is 2. The summed E-state index contributed by atoms with van der Waals surface area (Å²) in [5.41, 5.74) is 7.02. The first-order chi connectivity index (χ1) is 8.58. The Morgan fingerprint density at radius 1 is 1.28 bits per heavy atom. The van der Waals surface area contributed by atoms with Crippen LogP contribution in [0.3, 0.4) is 0 Å². The van der Waals surface area contributed by atoms with Crippen LogP contribution in [0.15, 0.2) is 24.3 Å². The van der Waals surface area contributed by atoms with E-state index in [9.17, 15) is 9.59 Å². The summed E-state index contributed by atoms with van der Waals surface area (Å²) in [6.07, 6.45) is 0.375. The summed E-state index contributed by atoms with van der Waals surface area (Å²) < 4.78 is 9.41. The summed E-state index contributed by atoms with van der Waals surface area (Å²) in [5.74, 6) is -0.814. The zero-order valence-corrected chi connectivity index (χ0v) is 10.5. The van der Waals surface area contributed by atoms with E-state index >= 15 is 0 Å². The van der Waals surface area contributed by atoms with Crippen LogP contribution < -0.4 is 5.73 Å². The molecule has 5 heteroatoms. The van der Waals surface area contributed by atoms with Gasteiger partial charge in [-0.2, -0.15) is 0 Å². The van der Waals surface area contributed by atoms with E-state index in [0.29, 0.717) is 18.6 Å². The fourth-order valence-electron chi connectivity index (χ4n) is 1.48. The van der Waals surface area contributed by atoms with E-state index in [4.69, 9.17) is 10.5 Å². The molecule has 1 unspecified atom stereocenters. The lowest BCUT2D eigenvalue weighted by Crippen LogP contribution is -2.34. The predicted molar refractivity (Wildman–Crippen MR) is 66.1 cm³/mol. The molecule has 1 atom stereocenters. The minimum atomic E-state index is -0.686. The molecule has 0 aromatic heterocycles. The molecule has 2 N–H and O–H groups in total. The van der Waals surface area contributed by atoms with Gasteiger partial charge in [0, 0.05) is 0 Å². The van der Waals surface area contributed by atoms with Crippen LogP contribution in [0.4, 0.5) is 0 Å². The number of rotatable bonds is 5. The number of benzene rings is 1. The Hall–Kier alpha value is -1.88. The first kappa shape index (κ1) is 14.2. The van der Waals surface area contributed by atoms with Gasteiger partial charge in [-0.3, -0.25) is 4.79 Å². The normalized spacial score (nSPS) is 11.7. The maximum absolute atomic E-state index is 11.3. The van der Waals surface area contributed by atoms with Gasteiger partial charge in [-0.25, -0.2) is 4.79 Å². The van der Waals surface area contributed by atoms with Crippen LogP contribution in [0, 0.1) is 0 Å². The highest BCUT2D eigenvalue weighted by molar-refractivity contribution is 5.89. The maximum atomic E-state index is 11.3. The number of carbonyl (C=O) groups excluding carboxylic acids is 2. The van der Waals surface area contributed by atoms with Crippen molar-refractivity contribution in [3.05, 3.63) is 35.4 Å². The van der Waals surface area contributed by atoms with Gasteiger partial charge >= 0.3 is 11.9 Å². The van der Waals surface area contributed by atoms with E-state index in [0.717, 1.165) is 5.56 Å². The van der Waals surface area contributed by atoms with Gasteiger partial charge in [0.2, 0.25) is 0 Å². The third-order valence-corrected chi connectivity index (χ3v) is 2.42. The minimum Gasteiger partial charge on any atom is -0.465 e. The highest BCUT2D eigenvalue weighted by Gasteiger charge is 2.15. The summed E-state index contributed by atoms with van der Waals surface area (Å²) >= 11 is 0. The van der Waals surface area contributed by atoms with E-state index in [1.54, 1.807) is 31.2 Å². The Kier molecular flexibility index (Phi) is 5.32. The van der Waals surface area contributed by atoms with Gasteiger partial charge in [0.05, 0.1) is 19.3 Å². The lowest BCUT2D eigenvalue weighted by atomic mass is 10.0. The van der Waals surface area contributed by atoms with Crippen LogP contribution in [-0.2, 0) is 20.7 Å². The molecule has 0 saturated heterocycles. The number of hydrogen-bond donors (Lipinski definition) is 1. The van der Waals surface area contributed by atoms with E-state index < -0.39 is 18.0 Å². The average molecular weight is 251 g/mol. The topological polar surface area (TPSA) is 78.6 Å². The van der Waals surface area contributed by atoms with Crippen molar-refractivity contribution in [1.29, 1.82) is 0 Å². The van der Waals surface area contributed by atoms with Crippen molar-refractivity contribution < 1.29 is 19.1 Å². The number of ether oxygens (including phenoxy) is 2. The van der Waals surface area contributed by atoms with Crippen molar-refractivity contribution in [2.24, 2.45) is 5.73 Å². The maximum Gasteiger partial charge on any atom is 0.337 e. The second kappa shape index (κ2) is 6.76. The third kappa shape index (κ3) is 3.85. The smallest absolute Gasteiger partial charge is 0.337 e. The van der Waals surface area contributed by atoms with Gasteiger partial charge < -0.3 is 15.2 Å². The Labute approximate surface area is 106 Å². The molecule has 98 valence electrons. The molecule has 0 fully saturated rings. The molecule has 1 aromatic rings. The first-order valence-corrected chi connectivity index (χ1v) is 5.68. The van der Waals surface area contributed by atoms with Crippen molar-refractivity contribution in [3.8, 4) is 0 Å². The molecule has 1 aromatic carbocycles. The summed E-state index contributed by atoms with van der Waals surface area (Å²) in [5, 5.41) is 0. The van der Waals surface area contributed by atoms with Crippen LogP contribution in [0.5, 0.6) is 0 Å². The van der Waals surface area contributed by atoms with Crippen LogP contribution in [-0.4, -0.2) is 31.7 Å². The number of esters is 2. The molecule has 0 amide bonds. The average Bonchev–Trinajstić information content (AvgIpc) is 2.39. The van der Waals surface area contributed by atoms with Crippen molar-refractivity contribution in [3.63, 3.8) is 0 Å². The molecule has 0 aliphatic heterocycles. The van der Waals surface area contributed by atoms with E-state index in [1.165, 1.54) is 7.11 Å². The van der Waals surface area contributed by atoms with Crippen LogP contribution >= 0.6 is 0 Å². The largest absolute Gasteiger partial charge is 0.465 e. The van der Waals surface area contributed by atoms with Crippen LogP contribution in [0.2, 0.25) is 0 Å². The molecule has 0 bridgehead atoms. The Morgan fingerprint density at radius 2 is 1.89 bits per heavy atom. The molecule has 0 aliphatic carbocycles. The zero-order chi connectivity index (χ0) is 13.5. The SMILES string of the molecule is CCOC(=O)C(N)Cc1ccc(C(=O)OC)cc1. The summed E-state index contributed by atoms with van der Waals surface area (Å²) in [6, 6.07) is 6.07. The molecular formula is C13H17NO4. The zero-order valence-electron chi connectivity index (χ0n) is 10.5. The highest BCUT2D eigenvalue weighted by atomic mass is 16.5. The number of nitrogens with two attached hydrogens (primary N) is 1. The molecule has 0 saturated carbocycles. The minimum absolute atomic E-state index is 0.313. The first-order valence-electron chi connectivity index (χ1n) is 5.68. The Balaban J connectivity index is 2.63. The van der Waals surface area contributed by atoms with Crippen molar-refractivity contribution >= 4 is 11.9 Å². The van der Waals surface area contributed by atoms with Gasteiger partial charge in [-0.1, -0.05) is 12.1 Å². The van der Waals surface area contributed by atoms with Gasteiger partial charge in [-0.05, 0) is 31.0 Å². The molecule has 0 radical (unpaired) electrons. The van der Waals surface area contributed by atoms with Crippen molar-refractivity contribution in [2.45, 2.75) is 19.4 Å². The van der Waals surface area contributed by atoms with Crippen LogP contribution in [0.25, 0.3) is 0 Å². The quantitative estimate of drug-likeness (QED) is 0.787. The fourth-order valence-corrected chi connectivity index (χ4v) is 1.48. The lowest BCUT2D eigenvalue weighted by molar-refractivity contribution is -0.144. The summed E-state index contributed by atoms with van der Waals surface area (Å²) in [7, 11) is 1.33. The Morgan fingerprint density at radius 3 is 2.39 bits per heavy atom. The molecular weight excluding hydrogens is 234 g/mol. The molecule has 5 nitrogen and oxygen atoms in total. The summed E-state index contributed by atoms with van der Waals surface area (Å²) in [4.78, 5) is 22.6. The van der Waals surface area contributed by atoms with E-state index in [-0.39, 0.29) is 0 Å². The standard InChI is InChI=1S/C13H17NO4/c1-3-18-13(16)11(14)8-9-4-6-10(7-5-9)12(15)17-2/h4-7,11H,3,8,14H2,1-2H3. The predicted octanol–water partition coefficient (Wildman–Crippen LogP) is 0.906. The van der Waals surface area contributed by atoms with E-state index in [2.05, 4.69) is 4.74 Å².